The molecular weight excluding hydrogens is 271 g/mol. The van der Waals surface area contributed by atoms with Crippen LogP contribution in [-0.2, 0) is 6.42 Å². The molecule has 1 aromatic carbocycles. The minimum Gasteiger partial charge on any atom is -0.325 e. The van der Waals surface area contributed by atoms with Crippen molar-refractivity contribution in [2.24, 2.45) is 11.7 Å². The van der Waals surface area contributed by atoms with E-state index in [-0.39, 0.29) is 11.2 Å². The van der Waals surface area contributed by atoms with Crippen LogP contribution in [0.2, 0.25) is 0 Å². The third-order valence-electron chi connectivity index (χ3n) is 4.51. The molecule has 0 unspecified atom stereocenters. The maximum absolute atomic E-state index is 13.5. The van der Waals surface area contributed by atoms with Crippen molar-refractivity contribution in [3.8, 4) is 0 Å². The number of halogens is 1. The zero-order valence-electron chi connectivity index (χ0n) is 12.5. The Morgan fingerprint density at radius 2 is 2.05 bits per heavy atom. The molecular formula is C16H23FN2O2. The van der Waals surface area contributed by atoms with E-state index in [1.165, 1.54) is 25.0 Å². The molecule has 0 aliphatic heterocycles. The smallest absolute Gasteiger partial charge is 0.272 e. The molecule has 1 aliphatic carbocycles. The first-order valence-corrected chi connectivity index (χ1v) is 7.64. The first kappa shape index (κ1) is 15.9. The van der Waals surface area contributed by atoms with Gasteiger partial charge in [0.05, 0.1) is 11.0 Å². The molecule has 0 heterocycles. The van der Waals surface area contributed by atoms with Gasteiger partial charge < -0.3 is 5.73 Å². The number of nitro benzene ring substituents is 1. The number of nitrogens with two attached hydrogens (primary N) is 1. The Bertz CT molecular complexity index is 511. The number of hydrogen-bond acceptors (Lipinski definition) is 3. The summed E-state index contributed by atoms with van der Waals surface area (Å²) in [6.07, 6.45) is 6.94. The van der Waals surface area contributed by atoms with Crippen LogP contribution in [0.15, 0.2) is 18.2 Å². The number of nitro groups is 1. The third-order valence-corrected chi connectivity index (χ3v) is 4.51. The van der Waals surface area contributed by atoms with Gasteiger partial charge in [-0.2, -0.15) is 0 Å². The summed E-state index contributed by atoms with van der Waals surface area (Å²) in [5.41, 5.74) is 6.50. The van der Waals surface area contributed by atoms with E-state index in [1.54, 1.807) is 0 Å². The molecule has 1 aliphatic rings. The highest BCUT2D eigenvalue weighted by atomic mass is 19.1. The van der Waals surface area contributed by atoms with Gasteiger partial charge in [0.25, 0.3) is 5.69 Å². The molecule has 21 heavy (non-hydrogen) atoms. The fraction of sp³-hybridized carbons (Fsp3) is 0.625. The Labute approximate surface area is 124 Å². The second-order valence-corrected chi connectivity index (χ2v) is 6.35. The van der Waals surface area contributed by atoms with E-state index < -0.39 is 10.7 Å². The molecule has 2 rings (SSSR count). The molecule has 1 aromatic rings. The van der Waals surface area contributed by atoms with Gasteiger partial charge in [-0.1, -0.05) is 19.8 Å². The van der Waals surface area contributed by atoms with Crippen molar-refractivity contribution in [1.82, 2.24) is 0 Å². The Balaban J connectivity index is 2.06. The van der Waals surface area contributed by atoms with Gasteiger partial charge in [-0.3, -0.25) is 10.1 Å². The minimum absolute atomic E-state index is 0.201. The molecule has 0 amide bonds. The van der Waals surface area contributed by atoms with Crippen molar-refractivity contribution in [3.05, 3.63) is 39.7 Å². The highest BCUT2D eigenvalue weighted by molar-refractivity contribution is 5.36. The molecule has 0 bridgehead atoms. The van der Waals surface area contributed by atoms with Crippen LogP contribution in [-0.4, -0.2) is 10.5 Å². The number of hydrogen-bond donors (Lipinski definition) is 1. The van der Waals surface area contributed by atoms with E-state index >= 15 is 0 Å². The molecule has 116 valence electrons. The van der Waals surface area contributed by atoms with Crippen molar-refractivity contribution in [2.45, 2.75) is 57.4 Å². The van der Waals surface area contributed by atoms with E-state index in [4.69, 9.17) is 5.73 Å². The number of benzene rings is 1. The molecule has 0 spiro atoms. The van der Waals surface area contributed by atoms with Gasteiger partial charge in [0.2, 0.25) is 0 Å². The van der Waals surface area contributed by atoms with Crippen LogP contribution in [0.4, 0.5) is 10.1 Å². The normalized spacial score (nSPS) is 25.8. The van der Waals surface area contributed by atoms with Crippen LogP contribution in [0.5, 0.6) is 0 Å². The van der Waals surface area contributed by atoms with E-state index in [0.29, 0.717) is 12.0 Å². The second-order valence-electron chi connectivity index (χ2n) is 6.35. The average molecular weight is 294 g/mol. The maximum Gasteiger partial charge on any atom is 0.272 e. The van der Waals surface area contributed by atoms with Gasteiger partial charge in [-0.25, -0.2) is 4.39 Å². The first-order valence-electron chi connectivity index (χ1n) is 7.64. The van der Waals surface area contributed by atoms with Crippen molar-refractivity contribution in [2.75, 3.05) is 0 Å². The fourth-order valence-electron chi connectivity index (χ4n) is 3.37. The van der Waals surface area contributed by atoms with Crippen LogP contribution in [0, 0.1) is 21.8 Å². The van der Waals surface area contributed by atoms with Crippen LogP contribution in [0.25, 0.3) is 0 Å². The Morgan fingerprint density at radius 1 is 1.38 bits per heavy atom. The van der Waals surface area contributed by atoms with Gasteiger partial charge >= 0.3 is 0 Å². The topological polar surface area (TPSA) is 69.2 Å². The molecule has 0 radical (unpaired) electrons. The molecule has 5 heteroatoms. The monoisotopic (exact) mass is 294 g/mol. The fourth-order valence-corrected chi connectivity index (χ4v) is 3.37. The van der Waals surface area contributed by atoms with E-state index in [2.05, 4.69) is 6.92 Å². The lowest BCUT2D eigenvalue weighted by atomic mass is 9.73. The molecule has 0 atom stereocenters. The highest BCUT2D eigenvalue weighted by Gasteiger charge is 2.31. The highest BCUT2D eigenvalue weighted by Crippen LogP contribution is 2.35. The molecule has 4 nitrogen and oxygen atoms in total. The lowest BCUT2D eigenvalue weighted by Gasteiger charge is -2.37. The lowest BCUT2D eigenvalue weighted by molar-refractivity contribution is -0.385. The zero-order valence-corrected chi connectivity index (χ0v) is 12.5. The van der Waals surface area contributed by atoms with E-state index in [1.807, 2.05) is 0 Å². The van der Waals surface area contributed by atoms with Crippen LogP contribution in [0.3, 0.4) is 0 Å². The lowest BCUT2D eigenvalue weighted by Crippen LogP contribution is -2.45. The molecule has 1 saturated carbocycles. The minimum atomic E-state index is -0.567. The summed E-state index contributed by atoms with van der Waals surface area (Å²) in [6.45, 7) is 2.19. The number of nitrogens with zero attached hydrogens (tertiary/aromatic N) is 1. The SMILES string of the molecule is CCCC1CCC(N)(Cc2cc(F)cc([N+](=O)[O-])c2)CC1. The molecule has 0 aromatic heterocycles. The average Bonchev–Trinajstić information content (AvgIpc) is 2.41. The van der Waals surface area contributed by atoms with Gasteiger partial charge in [0.15, 0.2) is 0 Å². The standard InChI is InChI=1S/C16H23FN2O2/c1-2-3-12-4-6-16(18,7-5-12)11-13-8-14(17)10-15(9-13)19(20)21/h8-10,12H,2-7,11,18H2,1H3. The van der Waals surface area contributed by atoms with Gasteiger partial charge in [-0.05, 0) is 49.7 Å². The van der Waals surface area contributed by atoms with Crippen LogP contribution >= 0.6 is 0 Å². The Hall–Kier alpha value is -1.49. The van der Waals surface area contributed by atoms with Gasteiger partial charge in [0.1, 0.15) is 5.82 Å². The first-order chi connectivity index (χ1) is 9.92. The summed E-state index contributed by atoms with van der Waals surface area (Å²) >= 11 is 0. The Kier molecular flexibility index (Phi) is 4.93. The predicted molar refractivity (Wildman–Crippen MR) is 80.5 cm³/mol. The summed E-state index contributed by atoms with van der Waals surface area (Å²) in [4.78, 5) is 10.2. The number of rotatable bonds is 5. The maximum atomic E-state index is 13.5. The zero-order chi connectivity index (χ0) is 15.5. The van der Waals surface area contributed by atoms with Crippen molar-refractivity contribution in [3.63, 3.8) is 0 Å². The summed E-state index contributed by atoms with van der Waals surface area (Å²) in [5, 5.41) is 10.8. The van der Waals surface area contributed by atoms with E-state index in [0.717, 1.165) is 37.7 Å². The van der Waals surface area contributed by atoms with E-state index in [9.17, 15) is 14.5 Å². The van der Waals surface area contributed by atoms with Crippen molar-refractivity contribution >= 4 is 5.69 Å². The summed E-state index contributed by atoms with van der Waals surface area (Å²) in [6, 6.07) is 3.75. The second kappa shape index (κ2) is 6.52. The summed E-state index contributed by atoms with van der Waals surface area (Å²) in [7, 11) is 0. The Morgan fingerprint density at radius 3 is 2.62 bits per heavy atom. The quantitative estimate of drug-likeness (QED) is 0.660. The summed E-state index contributed by atoms with van der Waals surface area (Å²) < 4.78 is 13.5. The molecule has 2 N–H and O–H groups in total. The number of non-ortho nitro benzene ring substituents is 1. The molecule has 0 saturated heterocycles. The van der Waals surface area contributed by atoms with Crippen LogP contribution < -0.4 is 5.73 Å². The largest absolute Gasteiger partial charge is 0.325 e. The summed E-state index contributed by atoms with van der Waals surface area (Å²) in [5.74, 6) is 0.177. The van der Waals surface area contributed by atoms with Gasteiger partial charge in [-0.15, -0.1) is 0 Å². The van der Waals surface area contributed by atoms with Crippen molar-refractivity contribution in [1.29, 1.82) is 0 Å². The predicted octanol–water partition coefficient (Wildman–Crippen LogP) is 3.96. The van der Waals surface area contributed by atoms with Gasteiger partial charge in [0, 0.05) is 11.6 Å². The van der Waals surface area contributed by atoms with Crippen molar-refractivity contribution < 1.29 is 9.31 Å². The van der Waals surface area contributed by atoms with Crippen LogP contribution in [0.1, 0.15) is 51.0 Å². The third kappa shape index (κ3) is 4.24. The molecule has 1 fully saturated rings.